The zero-order valence-electron chi connectivity index (χ0n) is 15.8. The Morgan fingerprint density at radius 1 is 1.10 bits per heavy atom. The van der Waals surface area contributed by atoms with Crippen molar-refractivity contribution >= 4 is 20.9 Å². The molecular formula is C20H16N4O5S. The van der Waals surface area contributed by atoms with Gasteiger partial charge in [-0.3, -0.25) is 4.98 Å². The maximum Gasteiger partial charge on any atom is 0.337 e. The number of hydrogen-bond acceptors (Lipinski definition) is 8. The molecule has 0 unspecified atom stereocenters. The first-order valence-corrected chi connectivity index (χ1v) is 10.6. The number of pyridine rings is 1. The number of nitrogens with zero attached hydrogens (tertiary/aromatic N) is 4. The molecule has 0 saturated carbocycles. The molecule has 0 atom stereocenters. The van der Waals surface area contributed by atoms with E-state index >= 15 is 0 Å². The fourth-order valence-electron chi connectivity index (χ4n) is 3.23. The normalized spacial score (nSPS) is 13.0. The minimum absolute atomic E-state index is 0.0236. The Hall–Kier alpha value is -3.66. The number of aromatic nitrogens is 4. The fourth-order valence-corrected chi connectivity index (χ4v) is 4.63. The summed E-state index contributed by atoms with van der Waals surface area (Å²) in [5.41, 5.74) is 0.847. The maximum absolute atomic E-state index is 13.6. The van der Waals surface area contributed by atoms with Crippen molar-refractivity contribution in [3.63, 3.8) is 0 Å². The number of para-hydroxylation sites is 1. The van der Waals surface area contributed by atoms with Crippen LogP contribution in [-0.4, -0.2) is 41.0 Å². The number of benzene rings is 2. The summed E-state index contributed by atoms with van der Waals surface area (Å²) in [5.74, 6) is 1.19. The number of rotatable bonds is 5. The van der Waals surface area contributed by atoms with Crippen molar-refractivity contribution in [2.75, 3.05) is 13.4 Å². The van der Waals surface area contributed by atoms with E-state index in [2.05, 4.69) is 15.1 Å². The summed E-state index contributed by atoms with van der Waals surface area (Å²) in [7, 11) is -4.13. The molecule has 9 nitrogen and oxygen atoms in total. The van der Waals surface area contributed by atoms with Crippen molar-refractivity contribution in [3.8, 4) is 28.9 Å². The Balaban J connectivity index is 1.72. The SMILES string of the molecule is CCOc1nc(-c2ccc3c(c2)OCO3)n(S(=O)(=O)c2cccc3cccnc23)n1. The molecule has 1 aliphatic heterocycles. The van der Waals surface area contributed by atoms with E-state index in [1.165, 1.54) is 6.07 Å². The molecule has 0 aliphatic carbocycles. The lowest BCUT2D eigenvalue weighted by Gasteiger charge is -2.09. The molecule has 1 aliphatic rings. The van der Waals surface area contributed by atoms with Gasteiger partial charge in [-0.2, -0.15) is 13.4 Å². The van der Waals surface area contributed by atoms with E-state index in [9.17, 15) is 8.42 Å². The van der Waals surface area contributed by atoms with Gasteiger partial charge in [0.05, 0.1) is 12.1 Å². The second kappa shape index (κ2) is 6.99. The molecule has 2 aromatic heterocycles. The molecule has 0 radical (unpaired) electrons. The Labute approximate surface area is 171 Å². The molecule has 0 N–H and O–H groups in total. The molecule has 30 heavy (non-hydrogen) atoms. The second-order valence-corrected chi connectivity index (χ2v) is 8.13. The van der Waals surface area contributed by atoms with E-state index < -0.39 is 10.0 Å². The summed E-state index contributed by atoms with van der Waals surface area (Å²) in [6, 6.07) is 13.5. The van der Waals surface area contributed by atoms with Crippen molar-refractivity contribution < 1.29 is 22.6 Å². The lowest BCUT2D eigenvalue weighted by atomic mass is 10.2. The molecule has 152 valence electrons. The van der Waals surface area contributed by atoms with Gasteiger partial charge in [0.2, 0.25) is 6.79 Å². The lowest BCUT2D eigenvalue weighted by Crippen LogP contribution is -2.17. The van der Waals surface area contributed by atoms with Crippen molar-refractivity contribution in [2.24, 2.45) is 0 Å². The first kappa shape index (κ1) is 18.4. The number of hydrogen-bond donors (Lipinski definition) is 0. The first-order valence-electron chi connectivity index (χ1n) is 9.17. The molecule has 5 rings (SSSR count). The number of ether oxygens (including phenoxy) is 3. The van der Waals surface area contributed by atoms with Crippen LogP contribution in [0.4, 0.5) is 0 Å². The molecule has 0 bridgehead atoms. The highest BCUT2D eigenvalue weighted by Crippen LogP contribution is 2.36. The Kier molecular flexibility index (Phi) is 4.28. The summed E-state index contributed by atoms with van der Waals surface area (Å²) in [5, 5.41) is 4.82. The van der Waals surface area contributed by atoms with Crippen LogP contribution < -0.4 is 14.2 Å². The predicted octanol–water partition coefficient (Wildman–Crippen LogP) is 2.86. The third kappa shape index (κ3) is 2.92. The van der Waals surface area contributed by atoms with Crippen LogP contribution in [0.2, 0.25) is 0 Å². The Bertz CT molecular complexity index is 1360. The van der Waals surface area contributed by atoms with E-state index in [0.717, 1.165) is 4.09 Å². The molecule has 4 aromatic rings. The summed E-state index contributed by atoms with van der Waals surface area (Å²) < 4.78 is 44.2. The van der Waals surface area contributed by atoms with Gasteiger partial charge in [0.25, 0.3) is 10.0 Å². The molecule has 10 heteroatoms. The summed E-state index contributed by atoms with van der Waals surface area (Å²) in [6.45, 7) is 2.17. The number of fused-ring (bicyclic) bond motifs is 2. The lowest BCUT2D eigenvalue weighted by molar-refractivity contribution is 0.174. The van der Waals surface area contributed by atoms with Gasteiger partial charge in [0, 0.05) is 17.1 Å². The van der Waals surface area contributed by atoms with Gasteiger partial charge in [-0.15, -0.1) is 4.09 Å². The predicted molar refractivity (Wildman–Crippen MR) is 107 cm³/mol. The molecule has 0 saturated heterocycles. The highest BCUT2D eigenvalue weighted by atomic mass is 32.2. The third-order valence-corrected chi connectivity index (χ3v) is 6.16. The van der Waals surface area contributed by atoms with Crippen LogP contribution in [-0.2, 0) is 10.0 Å². The second-order valence-electron chi connectivity index (χ2n) is 6.40. The molecule has 0 amide bonds. The largest absolute Gasteiger partial charge is 0.463 e. The van der Waals surface area contributed by atoms with Crippen LogP contribution in [0.25, 0.3) is 22.3 Å². The molecule has 2 aromatic carbocycles. The van der Waals surface area contributed by atoms with E-state index in [1.54, 1.807) is 55.6 Å². The van der Waals surface area contributed by atoms with Gasteiger partial charge in [-0.05, 0) is 37.3 Å². The van der Waals surface area contributed by atoms with Gasteiger partial charge in [-0.25, -0.2) is 0 Å². The van der Waals surface area contributed by atoms with Gasteiger partial charge < -0.3 is 14.2 Å². The van der Waals surface area contributed by atoms with Gasteiger partial charge in [0.15, 0.2) is 17.3 Å². The quantitative estimate of drug-likeness (QED) is 0.482. The Morgan fingerprint density at radius 2 is 1.93 bits per heavy atom. The Morgan fingerprint density at radius 3 is 2.80 bits per heavy atom. The van der Waals surface area contributed by atoms with E-state index in [-0.39, 0.29) is 23.5 Å². The van der Waals surface area contributed by atoms with Crippen molar-refractivity contribution in [1.29, 1.82) is 0 Å². The van der Waals surface area contributed by atoms with Gasteiger partial charge in [-0.1, -0.05) is 23.3 Å². The molecule has 0 fully saturated rings. The minimum Gasteiger partial charge on any atom is -0.463 e. The molecular weight excluding hydrogens is 408 g/mol. The van der Waals surface area contributed by atoms with Crippen molar-refractivity contribution in [1.82, 2.24) is 19.2 Å². The average Bonchev–Trinajstić information content (AvgIpc) is 3.40. The van der Waals surface area contributed by atoms with Crippen molar-refractivity contribution in [3.05, 3.63) is 54.7 Å². The summed E-state index contributed by atoms with van der Waals surface area (Å²) in [6.07, 6.45) is 1.55. The van der Waals surface area contributed by atoms with Gasteiger partial charge in [0.1, 0.15) is 4.90 Å². The minimum atomic E-state index is -4.13. The summed E-state index contributed by atoms with van der Waals surface area (Å²) >= 11 is 0. The fraction of sp³-hybridized carbons (Fsp3) is 0.150. The monoisotopic (exact) mass is 424 g/mol. The van der Waals surface area contributed by atoms with E-state index in [4.69, 9.17) is 14.2 Å². The van der Waals surface area contributed by atoms with Gasteiger partial charge >= 0.3 is 6.01 Å². The first-order chi connectivity index (χ1) is 14.6. The van der Waals surface area contributed by atoms with Crippen LogP contribution in [0.1, 0.15) is 6.92 Å². The zero-order chi connectivity index (χ0) is 20.7. The molecule has 0 spiro atoms. The maximum atomic E-state index is 13.6. The van der Waals surface area contributed by atoms with Crippen LogP contribution in [0, 0.1) is 0 Å². The summed E-state index contributed by atoms with van der Waals surface area (Å²) in [4.78, 5) is 8.58. The van der Waals surface area contributed by atoms with Crippen LogP contribution in [0.15, 0.2) is 59.6 Å². The highest BCUT2D eigenvalue weighted by Gasteiger charge is 2.28. The van der Waals surface area contributed by atoms with E-state index in [1.807, 2.05) is 0 Å². The topological polar surface area (TPSA) is 105 Å². The van der Waals surface area contributed by atoms with E-state index in [0.29, 0.717) is 34.6 Å². The van der Waals surface area contributed by atoms with Crippen LogP contribution in [0.5, 0.6) is 17.5 Å². The molecule has 3 heterocycles. The van der Waals surface area contributed by atoms with Crippen LogP contribution >= 0.6 is 0 Å². The average molecular weight is 424 g/mol. The highest BCUT2D eigenvalue weighted by molar-refractivity contribution is 7.90. The van der Waals surface area contributed by atoms with Crippen LogP contribution in [0.3, 0.4) is 0 Å². The van der Waals surface area contributed by atoms with Crippen molar-refractivity contribution in [2.45, 2.75) is 11.8 Å². The zero-order valence-corrected chi connectivity index (χ0v) is 16.7. The third-order valence-electron chi connectivity index (χ3n) is 4.56. The standard InChI is InChI=1S/C20H16N4O5S/c1-2-27-20-22-19(14-8-9-15-16(11-14)29-12-28-15)24(23-20)30(25,26)17-7-3-5-13-6-4-10-21-18(13)17/h3-11H,2,12H2,1H3. The smallest absolute Gasteiger partial charge is 0.337 e.